The summed E-state index contributed by atoms with van der Waals surface area (Å²) in [6.07, 6.45) is 10.4. The zero-order valence-electron chi connectivity index (χ0n) is 23.4. The number of pyridine rings is 1. The van der Waals surface area contributed by atoms with Crippen LogP contribution in [0, 0.1) is 6.92 Å². The lowest BCUT2D eigenvalue weighted by Gasteiger charge is -2.19. The topological polar surface area (TPSA) is 142 Å². The lowest BCUT2D eigenvalue weighted by molar-refractivity contribution is 0.103. The summed E-state index contributed by atoms with van der Waals surface area (Å²) in [4.78, 5) is 26.0. The van der Waals surface area contributed by atoms with Gasteiger partial charge in [0.15, 0.2) is 0 Å². The van der Waals surface area contributed by atoms with Crippen LogP contribution in [0.1, 0.15) is 35.2 Å². The molecular weight excluding hydrogens is 562 g/mol. The quantitative estimate of drug-likeness (QED) is 0.250. The number of aryl methyl sites for hydroxylation is 1. The first-order chi connectivity index (χ1) is 20.7. The summed E-state index contributed by atoms with van der Waals surface area (Å²) in [7, 11) is -4.06. The highest BCUT2D eigenvalue weighted by Crippen LogP contribution is 2.33. The zero-order valence-corrected chi connectivity index (χ0v) is 24.2. The minimum absolute atomic E-state index is 0.0114. The molecule has 0 fully saturated rings. The van der Waals surface area contributed by atoms with Crippen molar-refractivity contribution >= 4 is 43.6 Å². The summed E-state index contributed by atoms with van der Waals surface area (Å²) in [5.41, 5.74) is 11.8. The molecule has 6 aromatic rings. The highest BCUT2D eigenvalue weighted by Gasteiger charge is 2.33. The molecule has 214 valence electrons. The standard InChI is InChI=1S/C32H27N7O3S/c1-19-5-10-25(11-6-19)43(41,42)39-29-14-21(23-4-3-13-34-17-23)7-8-22(29)15-30(39)31(40)26-18-35-38(32(26)33)24-9-12-27-28(16-24)37-20(2)36-27/h3-10,12-18,25H,11,33H2,1-2H3,(H,36,37). The fourth-order valence-corrected chi connectivity index (χ4v) is 7.25. The number of nitrogen functional groups attached to an aromatic ring is 1. The Balaban J connectivity index is 1.38. The van der Waals surface area contributed by atoms with Crippen LogP contribution in [0.4, 0.5) is 5.82 Å². The van der Waals surface area contributed by atoms with Crippen molar-refractivity contribution in [2.45, 2.75) is 25.5 Å². The average Bonchev–Trinajstić information content (AvgIpc) is 3.70. The third-order valence-corrected chi connectivity index (χ3v) is 9.77. The van der Waals surface area contributed by atoms with Gasteiger partial charge in [-0.05, 0) is 62.2 Å². The summed E-state index contributed by atoms with van der Waals surface area (Å²) in [5, 5.41) is 4.16. The molecule has 2 aromatic carbocycles. The molecule has 4 aromatic heterocycles. The molecule has 0 radical (unpaired) electrons. The minimum Gasteiger partial charge on any atom is -0.383 e. The Morgan fingerprint density at radius 2 is 1.91 bits per heavy atom. The highest BCUT2D eigenvalue weighted by molar-refractivity contribution is 7.91. The summed E-state index contributed by atoms with van der Waals surface area (Å²) in [5.74, 6) is 0.322. The van der Waals surface area contributed by atoms with Gasteiger partial charge in [-0.15, -0.1) is 0 Å². The second-order valence-electron chi connectivity index (χ2n) is 10.6. The van der Waals surface area contributed by atoms with Crippen molar-refractivity contribution in [3.8, 4) is 16.8 Å². The van der Waals surface area contributed by atoms with E-state index in [0.29, 0.717) is 23.0 Å². The van der Waals surface area contributed by atoms with Gasteiger partial charge in [0.2, 0.25) is 15.8 Å². The minimum atomic E-state index is -4.06. The third kappa shape index (κ3) is 4.45. The maximum absolute atomic E-state index is 14.3. The van der Waals surface area contributed by atoms with Gasteiger partial charge in [0.1, 0.15) is 22.6 Å². The number of aromatic amines is 1. The number of benzene rings is 2. The number of carbonyl (C=O) groups excluding carboxylic acids is 1. The third-order valence-electron chi connectivity index (χ3n) is 7.75. The van der Waals surface area contributed by atoms with E-state index in [4.69, 9.17) is 5.73 Å². The van der Waals surface area contributed by atoms with E-state index in [0.717, 1.165) is 33.6 Å². The Morgan fingerprint density at radius 3 is 2.67 bits per heavy atom. The van der Waals surface area contributed by atoms with E-state index in [1.807, 2.05) is 62.4 Å². The molecule has 7 rings (SSSR count). The van der Waals surface area contributed by atoms with Gasteiger partial charge in [0.05, 0.1) is 34.0 Å². The molecule has 0 amide bonds. The van der Waals surface area contributed by atoms with Crippen molar-refractivity contribution in [1.29, 1.82) is 0 Å². The number of nitrogens with one attached hydrogen (secondary N) is 1. The number of H-pyrrole nitrogens is 1. The van der Waals surface area contributed by atoms with Crippen molar-refractivity contribution in [1.82, 2.24) is 28.7 Å². The van der Waals surface area contributed by atoms with Crippen molar-refractivity contribution in [2.24, 2.45) is 0 Å². The number of rotatable bonds is 6. The molecule has 3 N–H and O–H groups in total. The van der Waals surface area contributed by atoms with Gasteiger partial charge in [0.25, 0.3) is 0 Å². The predicted molar refractivity (Wildman–Crippen MR) is 167 cm³/mol. The first-order valence-corrected chi connectivity index (χ1v) is 15.2. The van der Waals surface area contributed by atoms with Gasteiger partial charge in [-0.2, -0.15) is 5.10 Å². The van der Waals surface area contributed by atoms with E-state index < -0.39 is 21.1 Å². The monoisotopic (exact) mass is 589 g/mol. The predicted octanol–water partition coefficient (Wildman–Crippen LogP) is 5.34. The number of hydrogen-bond donors (Lipinski definition) is 2. The Labute approximate surface area is 247 Å². The number of aromatic nitrogens is 6. The number of fused-ring (bicyclic) bond motifs is 2. The van der Waals surface area contributed by atoms with Crippen LogP contribution >= 0.6 is 0 Å². The smallest absolute Gasteiger partial charge is 0.246 e. The number of hydrogen-bond acceptors (Lipinski definition) is 7. The molecule has 1 aliphatic carbocycles. The second kappa shape index (κ2) is 9.92. The second-order valence-corrected chi connectivity index (χ2v) is 12.6. The molecule has 0 aliphatic heterocycles. The summed E-state index contributed by atoms with van der Waals surface area (Å²) < 4.78 is 31.2. The molecule has 1 unspecified atom stereocenters. The fourth-order valence-electron chi connectivity index (χ4n) is 5.52. The molecule has 43 heavy (non-hydrogen) atoms. The van der Waals surface area contributed by atoms with Gasteiger partial charge in [0, 0.05) is 23.3 Å². The van der Waals surface area contributed by atoms with Crippen LogP contribution in [0.15, 0.2) is 97.0 Å². The van der Waals surface area contributed by atoms with Crippen LogP contribution in [0.5, 0.6) is 0 Å². The molecule has 0 saturated carbocycles. The number of ketones is 1. The van der Waals surface area contributed by atoms with Crippen molar-refractivity contribution in [3.63, 3.8) is 0 Å². The Kier molecular flexibility index (Phi) is 6.13. The molecule has 4 heterocycles. The van der Waals surface area contributed by atoms with Crippen LogP contribution in [-0.4, -0.2) is 48.2 Å². The van der Waals surface area contributed by atoms with Crippen LogP contribution in [0.2, 0.25) is 0 Å². The highest BCUT2D eigenvalue weighted by atomic mass is 32.2. The fraction of sp³-hybridized carbons (Fsp3) is 0.125. The van der Waals surface area contributed by atoms with Crippen LogP contribution in [0.3, 0.4) is 0 Å². The maximum atomic E-state index is 14.3. The van der Waals surface area contributed by atoms with Gasteiger partial charge < -0.3 is 10.7 Å². The summed E-state index contributed by atoms with van der Waals surface area (Å²) in [6.45, 7) is 3.79. The van der Waals surface area contributed by atoms with Gasteiger partial charge in [-0.3, -0.25) is 9.78 Å². The van der Waals surface area contributed by atoms with Crippen LogP contribution in [0.25, 0.3) is 38.8 Å². The summed E-state index contributed by atoms with van der Waals surface area (Å²) >= 11 is 0. The molecular formula is C32H27N7O3S. The lowest BCUT2D eigenvalue weighted by atomic mass is 10.1. The maximum Gasteiger partial charge on any atom is 0.246 e. The molecule has 0 spiro atoms. The van der Waals surface area contributed by atoms with Crippen LogP contribution < -0.4 is 5.73 Å². The summed E-state index contributed by atoms with van der Waals surface area (Å²) in [6, 6.07) is 16.3. The van der Waals surface area contributed by atoms with E-state index in [-0.39, 0.29) is 17.1 Å². The molecule has 0 saturated heterocycles. The van der Waals surface area contributed by atoms with Crippen molar-refractivity contribution < 1.29 is 13.2 Å². The van der Waals surface area contributed by atoms with Gasteiger partial charge in [-0.1, -0.05) is 42.0 Å². The number of nitrogens with two attached hydrogens (primary N) is 1. The first kappa shape index (κ1) is 26.6. The average molecular weight is 590 g/mol. The SMILES string of the molecule is CC1=CCC(S(=O)(=O)n2c(C(=O)c3cnn(-c4ccc5[nH]c(C)nc5c4)c3N)cc3ccc(-c4cccnc4)cc32)C=C1. The molecule has 10 nitrogen and oxygen atoms in total. The van der Waals surface area contributed by atoms with Crippen molar-refractivity contribution in [3.05, 3.63) is 114 Å². The first-order valence-electron chi connectivity index (χ1n) is 13.7. The van der Waals surface area contributed by atoms with Gasteiger partial charge in [-0.25, -0.2) is 22.1 Å². The number of carbonyl (C=O) groups is 1. The Hall–Kier alpha value is -5.29. The van der Waals surface area contributed by atoms with E-state index in [1.54, 1.807) is 36.7 Å². The van der Waals surface area contributed by atoms with E-state index in [2.05, 4.69) is 20.1 Å². The number of imidazole rings is 1. The Bertz CT molecular complexity index is 2240. The number of anilines is 1. The molecule has 11 heteroatoms. The zero-order chi connectivity index (χ0) is 29.9. The van der Waals surface area contributed by atoms with Crippen molar-refractivity contribution in [2.75, 3.05) is 5.73 Å². The lowest BCUT2D eigenvalue weighted by Crippen LogP contribution is -2.29. The largest absolute Gasteiger partial charge is 0.383 e. The number of allylic oxidation sites excluding steroid dienone is 3. The normalized spacial score (nSPS) is 15.3. The van der Waals surface area contributed by atoms with Crippen LogP contribution in [-0.2, 0) is 10.0 Å². The molecule has 1 aliphatic rings. The molecule has 0 bridgehead atoms. The van der Waals surface area contributed by atoms with Gasteiger partial charge >= 0.3 is 0 Å². The van der Waals surface area contributed by atoms with E-state index in [9.17, 15) is 13.2 Å². The number of nitrogens with zero attached hydrogens (tertiary/aromatic N) is 5. The van der Waals surface area contributed by atoms with E-state index >= 15 is 0 Å². The Morgan fingerprint density at radius 1 is 1.05 bits per heavy atom. The molecule has 1 atom stereocenters. The van der Waals surface area contributed by atoms with E-state index in [1.165, 1.54) is 14.9 Å².